The van der Waals surface area contributed by atoms with E-state index in [-0.39, 0.29) is 0 Å². The molecule has 5 heteroatoms. The van der Waals surface area contributed by atoms with Gasteiger partial charge in [0.15, 0.2) is 5.65 Å². The Morgan fingerprint density at radius 3 is 2.67 bits per heavy atom. The maximum atomic E-state index is 6.02. The fraction of sp³-hybridized carbons (Fsp3) is 0.692. The zero-order valence-corrected chi connectivity index (χ0v) is 11.8. The van der Waals surface area contributed by atoms with Crippen LogP contribution in [0.15, 0.2) is 0 Å². The van der Waals surface area contributed by atoms with Crippen molar-refractivity contribution in [1.29, 1.82) is 0 Å². The molecule has 2 N–H and O–H groups in total. The van der Waals surface area contributed by atoms with Crippen LogP contribution in [0.1, 0.15) is 39.3 Å². The van der Waals surface area contributed by atoms with Crippen molar-refractivity contribution in [2.75, 3.05) is 5.73 Å². The van der Waals surface area contributed by atoms with Gasteiger partial charge in [-0.1, -0.05) is 13.8 Å². The van der Waals surface area contributed by atoms with Crippen molar-refractivity contribution >= 4 is 17.1 Å². The van der Waals surface area contributed by atoms with Crippen LogP contribution in [-0.4, -0.2) is 19.3 Å². The lowest BCUT2D eigenvalue weighted by Gasteiger charge is -2.09. The van der Waals surface area contributed by atoms with Gasteiger partial charge in [0.25, 0.3) is 0 Å². The Morgan fingerprint density at radius 1 is 1.33 bits per heavy atom. The molecule has 0 saturated carbocycles. The molecule has 18 heavy (non-hydrogen) atoms. The molecular formula is C13H23N5. The summed E-state index contributed by atoms with van der Waals surface area (Å²) in [6.45, 7) is 10.3. The summed E-state index contributed by atoms with van der Waals surface area (Å²) in [5.41, 5.74) is 8.99. The standard InChI is InChI=1S/C13H23N5/c1-5-18-12-11(10(4)16-18)15-13(14)17(12)8-6-7-9(2)3/h9H,5-8H2,1-4H3,(H2,14,15). The third-order valence-corrected chi connectivity index (χ3v) is 3.29. The van der Waals surface area contributed by atoms with Crippen molar-refractivity contribution in [2.24, 2.45) is 5.92 Å². The van der Waals surface area contributed by atoms with Gasteiger partial charge in [-0.25, -0.2) is 9.67 Å². The molecule has 2 aromatic heterocycles. The molecule has 0 amide bonds. The van der Waals surface area contributed by atoms with Gasteiger partial charge in [0.2, 0.25) is 5.95 Å². The topological polar surface area (TPSA) is 61.7 Å². The van der Waals surface area contributed by atoms with E-state index in [4.69, 9.17) is 5.73 Å². The average molecular weight is 249 g/mol. The van der Waals surface area contributed by atoms with E-state index in [2.05, 4.69) is 35.4 Å². The highest BCUT2D eigenvalue weighted by atomic mass is 15.4. The van der Waals surface area contributed by atoms with E-state index in [9.17, 15) is 0 Å². The molecule has 0 aliphatic carbocycles. The quantitative estimate of drug-likeness (QED) is 0.886. The lowest BCUT2D eigenvalue weighted by molar-refractivity contribution is 0.513. The van der Waals surface area contributed by atoms with E-state index in [1.54, 1.807) is 0 Å². The number of aromatic nitrogens is 4. The average Bonchev–Trinajstić information content (AvgIpc) is 2.78. The van der Waals surface area contributed by atoms with Gasteiger partial charge >= 0.3 is 0 Å². The van der Waals surface area contributed by atoms with Crippen molar-refractivity contribution in [3.63, 3.8) is 0 Å². The minimum absolute atomic E-state index is 0.608. The highest BCUT2D eigenvalue weighted by Gasteiger charge is 2.16. The number of hydrogen-bond donors (Lipinski definition) is 1. The molecule has 0 spiro atoms. The van der Waals surface area contributed by atoms with E-state index >= 15 is 0 Å². The maximum absolute atomic E-state index is 6.02. The van der Waals surface area contributed by atoms with Crippen LogP contribution >= 0.6 is 0 Å². The molecule has 0 radical (unpaired) electrons. The summed E-state index contributed by atoms with van der Waals surface area (Å²) in [5, 5.41) is 4.49. The lowest BCUT2D eigenvalue weighted by Crippen LogP contribution is -2.09. The van der Waals surface area contributed by atoms with Crippen LogP contribution in [0, 0.1) is 12.8 Å². The smallest absolute Gasteiger partial charge is 0.202 e. The summed E-state index contributed by atoms with van der Waals surface area (Å²) in [4.78, 5) is 4.44. The monoisotopic (exact) mass is 249 g/mol. The number of fused-ring (bicyclic) bond motifs is 1. The van der Waals surface area contributed by atoms with Crippen LogP contribution in [0.25, 0.3) is 11.2 Å². The fourth-order valence-electron chi connectivity index (χ4n) is 2.34. The Balaban J connectivity index is 2.33. The zero-order chi connectivity index (χ0) is 13.3. The first-order valence-corrected chi connectivity index (χ1v) is 6.73. The van der Waals surface area contributed by atoms with E-state index in [0.29, 0.717) is 5.95 Å². The maximum Gasteiger partial charge on any atom is 0.202 e. The van der Waals surface area contributed by atoms with Gasteiger partial charge in [-0.15, -0.1) is 0 Å². The molecule has 0 saturated heterocycles. The molecule has 0 unspecified atom stereocenters. The molecule has 5 nitrogen and oxygen atoms in total. The van der Waals surface area contributed by atoms with E-state index in [1.807, 2.05) is 11.6 Å². The van der Waals surface area contributed by atoms with Gasteiger partial charge in [0, 0.05) is 13.1 Å². The highest BCUT2D eigenvalue weighted by molar-refractivity contribution is 5.77. The number of rotatable bonds is 5. The number of imidazole rings is 1. The molecule has 0 aliphatic heterocycles. The van der Waals surface area contributed by atoms with Crippen molar-refractivity contribution in [3.05, 3.63) is 5.69 Å². The molecule has 0 aromatic carbocycles. The van der Waals surface area contributed by atoms with Crippen molar-refractivity contribution in [1.82, 2.24) is 19.3 Å². The Morgan fingerprint density at radius 2 is 2.06 bits per heavy atom. The molecule has 2 heterocycles. The number of nitrogens with zero attached hydrogens (tertiary/aromatic N) is 4. The number of nitrogens with two attached hydrogens (primary N) is 1. The predicted molar refractivity (Wildman–Crippen MR) is 74.4 cm³/mol. The summed E-state index contributed by atoms with van der Waals surface area (Å²) in [6.07, 6.45) is 2.33. The van der Waals surface area contributed by atoms with E-state index in [1.165, 1.54) is 6.42 Å². The van der Waals surface area contributed by atoms with Crippen LogP contribution in [-0.2, 0) is 13.1 Å². The number of aryl methyl sites for hydroxylation is 3. The molecule has 2 aromatic rings. The van der Waals surface area contributed by atoms with Crippen LogP contribution in [0.5, 0.6) is 0 Å². The third-order valence-electron chi connectivity index (χ3n) is 3.29. The summed E-state index contributed by atoms with van der Waals surface area (Å²) in [7, 11) is 0. The zero-order valence-electron chi connectivity index (χ0n) is 11.8. The second kappa shape index (κ2) is 5.00. The second-order valence-corrected chi connectivity index (χ2v) is 5.23. The largest absolute Gasteiger partial charge is 0.369 e. The summed E-state index contributed by atoms with van der Waals surface area (Å²) < 4.78 is 4.09. The minimum Gasteiger partial charge on any atom is -0.369 e. The van der Waals surface area contributed by atoms with Gasteiger partial charge < -0.3 is 5.73 Å². The van der Waals surface area contributed by atoms with Crippen LogP contribution in [0.2, 0.25) is 0 Å². The normalized spacial score (nSPS) is 11.8. The van der Waals surface area contributed by atoms with E-state index < -0.39 is 0 Å². The van der Waals surface area contributed by atoms with Crippen LogP contribution < -0.4 is 5.73 Å². The molecule has 0 bridgehead atoms. The number of hydrogen-bond acceptors (Lipinski definition) is 3. The summed E-state index contributed by atoms with van der Waals surface area (Å²) >= 11 is 0. The molecule has 2 rings (SSSR count). The Labute approximate surface area is 108 Å². The van der Waals surface area contributed by atoms with Gasteiger partial charge in [-0.05, 0) is 32.6 Å². The van der Waals surface area contributed by atoms with Gasteiger partial charge in [-0.3, -0.25) is 4.57 Å². The van der Waals surface area contributed by atoms with Crippen LogP contribution in [0.4, 0.5) is 5.95 Å². The Bertz CT molecular complexity index is 535. The Hall–Kier alpha value is -1.52. The first-order chi connectivity index (χ1) is 8.54. The molecular weight excluding hydrogens is 226 g/mol. The van der Waals surface area contributed by atoms with Crippen molar-refractivity contribution < 1.29 is 0 Å². The Kier molecular flexibility index (Phi) is 3.59. The molecule has 100 valence electrons. The first-order valence-electron chi connectivity index (χ1n) is 6.73. The van der Waals surface area contributed by atoms with Crippen LogP contribution in [0.3, 0.4) is 0 Å². The minimum atomic E-state index is 0.608. The number of anilines is 1. The van der Waals surface area contributed by atoms with Gasteiger partial charge in [-0.2, -0.15) is 5.10 Å². The molecule has 0 fully saturated rings. The molecule has 0 aliphatic rings. The molecule has 0 atom stereocenters. The van der Waals surface area contributed by atoms with Gasteiger partial charge in [0.1, 0.15) is 5.52 Å². The summed E-state index contributed by atoms with van der Waals surface area (Å²) in [5.74, 6) is 1.33. The lowest BCUT2D eigenvalue weighted by atomic mass is 10.1. The SMILES string of the molecule is CCn1nc(C)c2nc(N)n(CCCC(C)C)c21. The van der Waals surface area contributed by atoms with Crippen molar-refractivity contribution in [3.8, 4) is 0 Å². The third kappa shape index (κ3) is 2.21. The van der Waals surface area contributed by atoms with E-state index in [0.717, 1.165) is 42.3 Å². The predicted octanol–water partition coefficient (Wildman–Crippen LogP) is 2.58. The number of nitrogen functional groups attached to an aromatic ring is 1. The fourth-order valence-corrected chi connectivity index (χ4v) is 2.34. The van der Waals surface area contributed by atoms with Crippen molar-refractivity contribution in [2.45, 2.75) is 53.6 Å². The highest BCUT2D eigenvalue weighted by Crippen LogP contribution is 2.22. The van der Waals surface area contributed by atoms with Gasteiger partial charge in [0.05, 0.1) is 5.69 Å². The second-order valence-electron chi connectivity index (χ2n) is 5.23. The first kappa shape index (κ1) is 12.9. The summed E-state index contributed by atoms with van der Waals surface area (Å²) in [6, 6.07) is 0.